The maximum atomic E-state index is 5.59. The first-order chi connectivity index (χ1) is 35.1. The summed E-state index contributed by atoms with van der Waals surface area (Å²) in [7, 11) is 0. The summed E-state index contributed by atoms with van der Waals surface area (Å²) in [6.45, 7) is 13.9. The Labute approximate surface area is 411 Å². The van der Waals surface area contributed by atoms with E-state index in [0.29, 0.717) is 11.8 Å². The Hall–Kier alpha value is -7.56. The minimum atomic E-state index is -0.123. The number of rotatable bonds is 0. The molecule has 15 aromatic rings. The van der Waals surface area contributed by atoms with Gasteiger partial charge in [0.25, 0.3) is 0 Å². The zero-order valence-electron chi connectivity index (χ0n) is 41.0. The number of aromatic nitrogens is 4. The number of allylic oxidation sites excluding steroid dienone is 2. The molecule has 7 aliphatic rings. The van der Waals surface area contributed by atoms with Crippen LogP contribution in [0.3, 0.4) is 0 Å². The molecule has 72 heavy (non-hydrogen) atoms. The van der Waals surface area contributed by atoms with Crippen LogP contribution in [0.1, 0.15) is 120 Å². The van der Waals surface area contributed by atoms with Crippen molar-refractivity contribution in [3.05, 3.63) is 140 Å². The SMILES string of the molecule is CC1=C(C)c2cc3[nH]c(cc4nc(cc5[nH]c(cc1n2)c(C)c5C)CC4(C)C)c1c3C[C@]23c4c5c6ccc7c8ccc9c%10ccc%11c%12ccc%13c%14c(c%15c4c4c(c57)c8c9c5c%10c%11c(c%14%12)c%15c45)[C@@]2(C1)C%13CCC63. The lowest BCUT2D eigenvalue weighted by Crippen LogP contribution is -2.61. The van der Waals surface area contributed by atoms with E-state index in [1.165, 1.54) is 106 Å². The van der Waals surface area contributed by atoms with Gasteiger partial charge in [0.05, 0.1) is 11.4 Å². The van der Waals surface area contributed by atoms with Crippen molar-refractivity contribution in [2.75, 3.05) is 0 Å². The average Bonchev–Trinajstić information content (AvgIpc) is 4.33. The summed E-state index contributed by atoms with van der Waals surface area (Å²) >= 11 is 0. The molecule has 0 radical (unpaired) electrons. The minimum Gasteiger partial charge on any atom is -0.355 e. The molecule has 4 nitrogen and oxygen atoms in total. The molecule has 22 rings (SSSR count). The Morgan fingerprint density at radius 3 is 1.33 bits per heavy atom. The Kier molecular flexibility index (Phi) is 4.92. The van der Waals surface area contributed by atoms with E-state index >= 15 is 0 Å². The first-order valence-electron chi connectivity index (χ1n) is 26.9. The Bertz CT molecular complexity index is 5440. The first-order valence-corrected chi connectivity index (χ1v) is 26.9. The number of hydrogen-bond acceptors (Lipinski definition) is 2. The molecule has 2 unspecified atom stereocenters. The Morgan fingerprint density at radius 1 is 0.417 bits per heavy atom. The molecule has 1 saturated carbocycles. The van der Waals surface area contributed by atoms with Gasteiger partial charge in [0.15, 0.2) is 0 Å². The van der Waals surface area contributed by atoms with Crippen LogP contribution in [0.5, 0.6) is 0 Å². The highest BCUT2D eigenvalue weighted by Crippen LogP contribution is 2.81. The standard InChI is InChI=1S/C68H44N4/c1-24-25(2)42-18-43-26(3)27(4)44(71-43)19-45-37-22-67-39-15-16-40-36-14-12-34-32-10-8-30-29-7-9-31-33-11-13-35(39)54-52(33)57-50(31)48(29)56-49(30)51(32)58-53(34)55(36)65(63-61(58)59(56)60(57)62(63)64(54)67)68(40,67)23-38(37)46(72-45)20-47-66(5,6)21-28(69-47)17-41(24)70-42/h7-14,17-20,39-40,70,72H,15-16,21-23H2,1-6H3/t39?,40?,67-,68+/m0/s1. The summed E-state index contributed by atoms with van der Waals surface area (Å²) in [5.41, 5.74) is 23.8. The largest absolute Gasteiger partial charge is 0.355 e. The van der Waals surface area contributed by atoms with E-state index in [0.717, 1.165) is 47.4 Å². The number of aryl methyl sites for hydroxylation is 2. The number of benzene rings is 8. The third kappa shape index (κ3) is 3.02. The third-order valence-electron chi connectivity index (χ3n) is 22.8. The predicted octanol–water partition coefficient (Wildman–Crippen LogP) is 16.9. The maximum Gasteiger partial charge on any atom is 0.0690 e. The number of H-pyrrole nitrogens is 2. The molecule has 0 amide bonds. The molecular weight excluding hydrogens is 873 g/mol. The van der Waals surface area contributed by atoms with E-state index in [9.17, 15) is 0 Å². The van der Waals surface area contributed by atoms with E-state index in [1.807, 2.05) is 0 Å². The van der Waals surface area contributed by atoms with Gasteiger partial charge in [-0.2, -0.15) is 0 Å². The van der Waals surface area contributed by atoms with Gasteiger partial charge in [-0.15, -0.1) is 0 Å². The van der Waals surface area contributed by atoms with Gasteiger partial charge >= 0.3 is 0 Å². The Balaban J connectivity index is 0.980. The summed E-state index contributed by atoms with van der Waals surface area (Å²) in [5.74, 6) is 0.855. The third-order valence-corrected chi connectivity index (χ3v) is 22.8. The van der Waals surface area contributed by atoms with E-state index < -0.39 is 0 Å². The molecule has 4 atom stereocenters. The topological polar surface area (TPSA) is 57.4 Å². The van der Waals surface area contributed by atoms with Crippen molar-refractivity contribution < 1.29 is 0 Å². The molecule has 5 aliphatic carbocycles. The summed E-state index contributed by atoms with van der Waals surface area (Å²) in [4.78, 5) is 19.2. The molecule has 336 valence electrons. The molecule has 2 spiro atoms. The summed E-state index contributed by atoms with van der Waals surface area (Å²) in [5, 5.41) is 34.3. The lowest BCUT2D eigenvalue weighted by molar-refractivity contribution is 0.0872. The second-order valence-corrected chi connectivity index (χ2v) is 25.3. The summed E-state index contributed by atoms with van der Waals surface area (Å²) in [6.07, 6.45) is 5.38. The first kappa shape index (κ1) is 35.5. The van der Waals surface area contributed by atoms with Crippen LogP contribution in [-0.4, -0.2) is 19.9 Å². The minimum absolute atomic E-state index is 0.114. The van der Waals surface area contributed by atoms with E-state index in [1.54, 1.807) is 97.7 Å². The highest BCUT2D eigenvalue weighted by Gasteiger charge is 2.72. The second-order valence-electron chi connectivity index (χ2n) is 25.3. The van der Waals surface area contributed by atoms with Crippen LogP contribution in [0.15, 0.2) is 72.8 Å². The fourth-order valence-corrected chi connectivity index (χ4v) is 20.0. The maximum absolute atomic E-state index is 5.59. The molecule has 2 N–H and O–H groups in total. The van der Waals surface area contributed by atoms with Crippen LogP contribution in [0.25, 0.3) is 152 Å². The van der Waals surface area contributed by atoms with Crippen molar-refractivity contribution in [2.24, 2.45) is 0 Å². The van der Waals surface area contributed by atoms with Gasteiger partial charge in [-0.3, -0.25) is 4.98 Å². The van der Waals surface area contributed by atoms with Crippen LogP contribution < -0.4 is 0 Å². The molecule has 2 aliphatic heterocycles. The smallest absolute Gasteiger partial charge is 0.0690 e. The van der Waals surface area contributed by atoms with Gasteiger partial charge < -0.3 is 9.97 Å². The molecule has 4 heteroatoms. The van der Waals surface area contributed by atoms with Crippen molar-refractivity contribution in [1.29, 1.82) is 0 Å². The van der Waals surface area contributed by atoms with Gasteiger partial charge in [0.1, 0.15) is 0 Å². The molecule has 0 saturated heterocycles. The van der Waals surface area contributed by atoms with E-state index in [4.69, 9.17) is 9.97 Å². The fourth-order valence-electron chi connectivity index (χ4n) is 20.0. The lowest BCUT2D eigenvalue weighted by atomic mass is 9.39. The van der Waals surface area contributed by atoms with Crippen LogP contribution in [0, 0.1) is 13.8 Å². The number of fused-ring (bicyclic) bond motifs is 16. The number of nitrogens with one attached hydrogen (secondary N) is 2. The quantitative estimate of drug-likeness (QED) is 0.149. The Morgan fingerprint density at radius 2 is 0.819 bits per heavy atom. The van der Waals surface area contributed by atoms with Crippen molar-refractivity contribution >= 4 is 152 Å². The zero-order chi connectivity index (χ0) is 46.6. The second kappa shape index (κ2) is 9.98. The van der Waals surface area contributed by atoms with Crippen LogP contribution in [0.4, 0.5) is 0 Å². The fraction of sp³-hybridized carbons (Fsp3) is 0.235. The van der Waals surface area contributed by atoms with E-state index in [2.05, 4.69) is 124 Å². The van der Waals surface area contributed by atoms with Gasteiger partial charge in [-0.1, -0.05) is 62.4 Å². The lowest BCUT2D eigenvalue weighted by Gasteiger charge is -2.62. The predicted molar refractivity (Wildman–Crippen MR) is 299 cm³/mol. The monoisotopic (exact) mass is 916 g/mol. The highest BCUT2D eigenvalue weighted by molar-refractivity contribution is 6.64. The van der Waals surface area contributed by atoms with Gasteiger partial charge in [-0.05, 0) is 264 Å². The molecule has 12 aromatic carbocycles. The average molecular weight is 917 g/mol. The molecule has 8 bridgehead atoms. The van der Waals surface area contributed by atoms with Gasteiger partial charge in [0, 0.05) is 56.1 Å². The normalized spacial score (nSPS) is 23.9. The number of hydrogen-bond donors (Lipinski definition) is 2. The number of nitrogens with zero attached hydrogens (tertiary/aromatic N) is 2. The van der Waals surface area contributed by atoms with Crippen molar-refractivity contribution in [3.8, 4) is 0 Å². The van der Waals surface area contributed by atoms with E-state index in [-0.39, 0.29) is 16.2 Å². The van der Waals surface area contributed by atoms with Gasteiger partial charge in [0.2, 0.25) is 0 Å². The number of aromatic amines is 2. The van der Waals surface area contributed by atoms with Crippen molar-refractivity contribution in [2.45, 2.75) is 102 Å². The summed E-state index contributed by atoms with van der Waals surface area (Å²) < 4.78 is 0. The van der Waals surface area contributed by atoms with Crippen LogP contribution in [0.2, 0.25) is 0 Å². The molecular formula is C68H44N4. The van der Waals surface area contributed by atoms with Crippen LogP contribution >= 0.6 is 0 Å². The van der Waals surface area contributed by atoms with Crippen LogP contribution in [-0.2, 0) is 35.5 Å². The summed E-state index contributed by atoms with van der Waals surface area (Å²) in [6, 6.07) is 30.2. The molecule has 3 aromatic heterocycles. The van der Waals surface area contributed by atoms with Crippen molar-refractivity contribution in [3.63, 3.8) is 0 Å². The van der Waals surface area contributed by atoms with Gasteiger partial charge in [-0.25, -0.2) is 4.98 Å². The molecule has 1 fully saturated rings. The molecule has 5 heterocycles. The highest BCUT2D eigenvalue weighted by atomic mass is 14.8. The zero-order valence-corrected chi connectivity index (χ0v) is 41.0. The van der Waals surface area contributed by atoms with Crippen molar-refractivity contribution in [1.82, 2.24) is 19.9 Å².